The van der Waals surface area contributed by atoms with Crippen LogP contribution in [0.25, 0.3) is 0 Å². The van der Waals surface area contributed by atoms with Crippen LogP contribution in [0.1, 0.15) is 27.7 Å². The second-order valence-electron chi connectivity index (χ2n) is 7.63. The largest absolute Gasteiger partial charge is 0.465 e. The highest BCUT2D eigenvalue weighted by Gasteiger charge is 2.86. The minimum absolute atomic E-state index is 0.0569. The Balaban J connectivity index is 2.53. The number of allylic oxidation sites excluding steroid dienone is 2. The van der Waals surface area contributed by atoms with Gasteiger partial charge < -0.3 is 9.47 Å². The first-order chi connectivity index (χ1) is 12.2. The third-order valence-electron chi connectivity index (χ3n) is 4.56. The van der Waals surface area contributed by atoms with E-state index in [1.165, 1.54) is 0 Å². The van der Waals surface area contributed by atoms with Crippen molar-refractivity contribution in [3.63, 3.8) is 0 Å². The SMILES string of the molecule is CC(C)COC(=O)C1C(C(=O)OCC(C)C)C2(Cl)C(Cl)=C(Cl)C1(Cl)C2(Cl)Cl. The Morgan fingerprint density at radius 2 is 1.11 bits per heavy atom. The minimum atomic E-state index is -2.04. The highest BCUT2D eigenvalue weighted by atomic mass is 35.5. The van der Waals surface area contributed by atoms with Crippen LogP contribution in [0.3, 0.4) is 0 Å². The first-order valence-corrected chi connectivity index (χ1v) is 10.7. The number of esters is 2. The molecule has 27 heavy (non-hydrogen) atoms. The maximum absolute atomic E-state index is 12.9. The van der Waals surface area contributed by atoms with Gasteiger partial charge in [0, 0.05) is 0 Å². The Kier molecular flexibility index (Phi) is 6.95. The van der Waals surface area contributed by atoms with Gasteiger partial charge in [-0.3, -0.25) is 9.59 Å². The van der Waals surface area contributed by atoms with Crippen molar-refractivity contribution in [1.82, 2.24) is 0 Å². The van der Waals surface area contributed by atoms with Crippen LogP contribution >= 0.6 is 69.6 Å². The van der Waals surface area contributed by atoms with E-state index in [1.54, 1.807) is 0 Å². The first kappa shape index (κ1) is 23.7. The molecule has 0 amide bonds. The number of fused-ring (bicyclic) bond motifs is 2. The van der Waals surface area contributed by atoms with Crippen molar-refractivity contribution in [2.24, 2.45) is 23.7 Å². The quantitative estimate of drug-likeness (QED) is 0.359. The molecule has 4 nitrogen and oxygen atoms in total. The molecule has 0 saturated heterocycles. The molecule has 0 spiro atoms. The van der Waals surface area contributed by atoms with E-state index in [4.69, 9.17) is 79.1 Å². The van der Waals surface area contributed by atoms with E-state index in [0.717, 1.165) is 0 Å². The zero-order chi connectivity index (χ0) is 20.9. The fourth-order valence-corrected chi connectivity index (χ4v) is 6.18. The van der Waals surface area contributed by atoms with Crippen LogP contribution < -0.4 is 0 Å². The van der Waals surface area contributed by atoms with Crippen LogP contribution in [0.4, 0.5) is 0 Å². The van der Waals surface area contributed by atoms with E-state index >= 15 is 0 Å². The molecule has 1 fully saturated rings. The van der Waals surface area contributed by atoms with E-state index in [2.05, 4.69) is 0 Å². The molecule has 0 heterocycles. The fraction of sp³-hybridized carbons (Fsp3) is 0.765. The third kappa shape index (κ3) is 3.37. The molecule has 0 aromatic heterocycles. The van der Waals surface area contributed by atoms with Gasteiger partial charge in [-0.05, 0) is 11.8 Å². The second-order valence-corrected chi connectivity index (χ2v) is 10.9. The lowest BCUT2D eigenvalue weighted by molar-refractivity contribution is -0.161. The van der Waals surface area contributed by atoms with Gasteiger partial charge in [0.05, 0.1) is 35.1 Å². The summed E-state index contributed by atoms with van der Waals surface area (Å²) in [5.41, 5.74) is 0. The summed E-state index contributed by atoms with van der Waals surface area (Å²) in [5, 5.41) is -0.351. The highest BCUT2D eigenvalue weighted by Crippen LogP contribution is 2.76. The van der Waals surface area contributed by atoms with Crippen molar-refractivity contribution in [2.45, 2.75) is 41.8 Å². The van der Waals surface area contributed by atoms with E-state index in [0.29, 0.717) is 0 Å². The number of hydrogen-bond donors (Lipinski definition) is 0. The normalized spacial score (nSPS) is 34.5. The summed E-state index contributed by atoms with van der Waals surface area (Å²) in [5.74, 6) is -4.19. The van der Waals surface area contributed by atoms with Crippen LogP contribution in [-0.2, 0) is 19.1 Å². The van der Waals surface area contributed by atoms with Crippen LogP contribution in [0.2, 0.25) is 0 Å². The van der Waals surface area contributed by atoms with Gasteiger partial charge in [-0.15, -0.1) is 23.2 Å². The Bertz CT molecular complexity index is 622. The van der Waals surface area contributed by atoms with Crippen molar-refractivity contribution in [3.05, 3.63) is 10.1 Å². The fourth-order valence-electron chi connectivity index (χ4n) is 3.26. The summed E-state index contributed by atoms with van der Waals surface area (Å²) in [6.45, 7) is 7.66. The van der Waals surface area contributed by atoms with Gasteiger partial charge in [0.15, 0.2) is 4.33 Å². The predicted octanol–water partition coefficient (Wildman–Crippen LogP) is 5.46. The molecular formula is C17H20Cl6O4. The van der Waals surface area contributed by atoms with Crippen molar-refractivity contribution in [2.75, 3.05) is 13.2 Å². The number of ether oxygens (including phenoxy) is 2. The molecule has 2 aliphatic carbocycles. The number of hydrogen-bond acceptors (Lipinski definition) is 4. The van der Waals surface area contributed by atoms with Crippen LogP contribution in [0.5, 0.6) is 0 Å². The van der Waals surface area contributed by atoms with Gasteiger partial charge in [-0.1, -0.05) is 74.1 Å². The predicted molar refractivity (Wildman–Crippen MR) is 109 cm³/mol. The lowest BCUT2D eigenvalue weighted by Gasteiger charge is -2.33. The molecule has 154 valence electrons. The standard InChI is InChI=1S/C17H20Cl6O4/c1-7(2)5-26-13(24)9-10(14(25)27-6-8(3)4)16(21)12(19)11(18)15(9,20)17(16,22)23/h7-10H,5-6H2,1-4H3. The Morgan fingerprint density at radius 3 is 1.37 bits per heavy atom. The summed E-state index contributed by atoms with van der Waals surface area (Å²) in [4.78, 5) is 21.9. The molecule has 0 aromatic carbocycles. The average molecular weight is 501 g/mol. The maximum Gasteiger partial charge on any atom is 0.312 e. The molecule has 10 heteroatoms. The van der Waals surface area contributed by atoms with Crippen molar-refractivity contribution in [1.29, 1.82) is 0 Å². The minimum Gasteiger partial charge on any atom is -0.465 e. The van der Waals surface area contributed by atoms with E-state index in [1.807, 2.05) is 27.7 Å². The molecule has 1 saturated carbocycles. The summed E-state index contributed by atoms with van der Waals surface area (Å²) in [6.07, 6.45) is 0. The lowest BCUT2D eigenvalue weighted by atomic mass is 9.81. The van der Waals surface area contributed by atoms with E-state index < -0.39 is 37.9 Å². The first-order valence-electron chi connectivity index (χ1n) is 8.39. The van der Waals surface area contributed by atoms with E-state index in [-0.39, 0.29) is 35.1 Å². The van der Waals surface area contributed by atoms with Gasteiger partial charge in [-0.25, -0.2) is 0 Å². The third-order valence-corrected chi connectivity index (χ3v) is 8.82. The molecule has 0 radical (unpaired) electrons. The van der Waals surface area contributed by atoms with Gasteiger partial charge >= 0.3 is 11.9 Å². The van der Waals surface area contributed by atoms with Crippen LogP contribution in [0, 0.1) is 23.7 Å². The zero-order valence-electron chi connectivity index (χ0n) is 15.1. The monoisotopic (exact) mass is 498 g/mol. The van der Waals surface area contributed by atoms with Crippen molar-refractivity contribution in [3.8, 4) is 0 Å². The molecule has 2 bridgehead atoms. The molecule has 2 rings (SSSR count). The summed E-state index contributed by atoms with van der Waals surface area (Å²) < 4.78 is 8.56. The van der Waals surface area contributed by atoms with Crippen LogP contribution in [-0.4, -0.2) is 39.2 Å². The number of rotatable bonds is 6. The van der Waals surface area contributed by atoms with Crippen molar-refractivity contribution < 1.29 is 19.1 Å². The Hall–Kier alpha value is 0.420. The number of halogens is 6. The molecule has 0 aliphatic heterocycles. The Morgan fingerprint density at radius 1 is 0.815 bits per heavy atom. The van der Waals surface area contributed by atoms with Gasteiger partial charge in [0.25, 0.3) is 0 Å². The molecule has 0 N–H and O–H groups in total. The highest BCUT2D eigenvalue weighted by molar-refractivity contribution is 6.66. The second kappa shape index (κ2) is 7.92. The average Bonchev–Trinajstić information content (AvgIpc) is 2.77. The van der Waals surface area contributed by atoms with Gasteiger partial charge in [-0.2, -0.15) is 0 Å². The van der Waals surface area contributed by atoms with Gasteiger partial charge in [0.2, 0.25) is 0 Å². The lowest BCUT2D eigenvalue weighted by Crippen LogP contribution is -2.46. The molecule has 2 aliphatic rings. The van der Waals surface area contributed by atoms with Crippen molar-refractivity contribution >= 4 is 81.5 Å². The summed E-state index contributed by atoms with van der Waals surface area (Å²) in [7, 11) is 0. The zero-order valence-corrected chi connectivity index (χ0v) is 19.7. The molecule has 4 atom stereocenters. The summed E-state index contributed by atoms with van der Waals surface area (Å²) >= 11 is 38.9. The van der Waals surface area contributed by atoms with Crippen LogP contribution in [0.15, 0.2) is 10.1 Å². The molecular weight excluding hydrogens is 481 g/mol. The number of alkyl halides is 4. The van der Waals surface area contributed by atoms with E-state index in [9.17, 15) is 9.59 Å². The topological polar surface area (TPSA) is 52.6 Å². The number of carbonyl (C=O) groups is 2. The Labute approximate surface area is 188 Å². The smallest absolute Gasteiger partial charge is 0.312 e. The number of carbonyl (C=O) groups excluding carboxylic acids is 2. The summed E-state index contributed by atoms with van der Waals surface area (Å²) in [6, 6.07) is 0. The maximum atomic E-state index is 12.9. The van der Waals surface area contributed by atoms with Gasteiger partial charge in [0.1, 0.15) is 9.75 Å². The molecule has 4 unspecified atom stereocenters. The molecule has 0 aromatic rings.